The van der Waals surface area contributed by atoms with Gasteiger partial charge in [-0.05, 0) is 70.2 Å². The SMILES string of the molecule is O=C(NOC1CCCC1)c1cc(I)cc(I)c1O. The predicted octanol–water partition coefficient (Wildman–Crippen LogP) is 3.21. The first-order valence-corrected chi connectivity index (χ1v) is 7.87. The molecule has 0 aliphatic heterocycles. The van der Waals surface area contributed by atoms with Gasteiger partial charge in [0, 0.05) is 3.57 Å². The standard InChI is InChI=1S/C12H13I2NO3/c13-7-5-9(11(16)10(14)6-7)12(17)15-18-8-3-1-2-4-8/h5-6,8,16H,1-4H2,(H,15,17). The molecule has 0 atom stereocenters. The molecule has 0 unspecified atom stereocenters. The number of carbonyl (C=O) groups excluding carboxylic acids is 1. The van der Waals surface area contributed by atoms with Gasteiger partial charge in [-0.25, -0.2) is 5.48 Å². The molecule has 0 heterocycles. The van der Waals surface area contributed by atoms with E-state index in [-0.39, 0.29) is 17.4 Å². The predicted molar refractivity (Wildman–Crippen MR) is 84.3 cm³/mol. The average Bonchev–Trinajstić information content (AvgIpc) is 2.83. The summed E-state index contributed by atoms with van der Waals surface area (Å²) in [4.78, 5) is 17.3. The first-order chi connectivity index (χ1) is 8.58. The number of phenols is 1. The number of halogens is 2. The highest BCUT2D eigenvalue weighted by atomic mass is 127. The fourth-order valence-electron chi connectivity index (χ4n) is 1.94. The van der Waals surface area contributed by atoms with E-state index in [0.29, 0.717) is 3.57 Å². The van der Waals surface area contributed by atoms with Crippen molar-refractivity contribution in [3.05, 3.63) is 24.8 Å². The van der Waals surface area contributed by atoms with E-state index in [4.69, 9.17) is 4.84 Å². The maximum Gasteiger partial charge on any atom is 0.278 e. The fraction of sp³-hybridized carbons (Fsp3) is 0.417. The van der Waals surface area contributed by atoms with Gasteiger partial charge in [0.05, 0.1) is 15.2 Å². The Labute approximate surface area is 133 Å². The van der Waals surface area contributed by atoms with Crippen molar-refractivity contribution in [3.8, 4) is 5.75 Å². The number of hydrogen-bond donors (Lipinski definition) is 2. The second kappa shape index (κ2) is 6.38. The number of phenolic OH excluding ortho intramolecular Hbond substituents is 1. The van der Waals surface area contributed by atoms with E-state index in [1.54, 1.807) is 6.07 Å². The summed E-state index contributed by atoms with van der Waals surface area (Å²) in [6, 6.07) is 3.45. The maximum atomic E-state index is 11.9. The Morgan fingerprint density at radius 2 is 2.00 bits per heavy atom. The van der Waals surface area contributed by atoms with Gasteiger partial charge in [0.2, 0.25) is 0 Å². The molecule has 1 aromatic rings. The molecule has 1 aliphatic rings. The summed E-state index contributed by atoms with van der Waals surface area (Å²) >= 11 is 4.11. The van der Waals surface area contributed by atoms with Gasteiger partial charge in [0.25, 0.3) is 5.91 Å². The lowest BCUT2D eigenvalue weighted by molar-refractivity contribution is -0.0126. The lowest BCUT2D eigenvalue weighted by Crippen LogP contribution is -2.28. The van der Waals surface area contributed by atoms with E-state index in [2.05, 4.69) is 28.1 Å². The number of rotatable bonds is 3. The summed E-state index contributed by atoms with van der Waals surface area (Å²) in [5, 5.41) is 9.86. The average molecular weight is 473 g/mol. The van der Waals surface area contributed by atoms with Gasteiger partial charge in [0.1, 0.15) is 5.75 Å². The minimum atomic E-state index is -0.393. The van der Waals surface area contributed by atoms with E-state index in [1.807, 2.05) is 28.7 Å². The Kier molecular flexibility index (Phi) is 5.07. The zero-order valence-corrected chi connectivity index (χ0v) is 13.9. The van der Waals surface area contributed by atoms with Gasteiger partial charge in [-0.2, -0.15) is 0 Å². The molecule has 1 aromatic carbocycles. The molecule has 1 saturated carbocycles. The van der Waals surface area contributed by atoms with Crippen LogP contribution >= 0.6 is 45.2 Å². The normalized spacial score (nSPS) is 15.9. The quantitative estimate of drug-likeness (QED) is 0.524. The number of benzene rings is 1. The van der Waals surface area contributed by atoms with E-state index < -0.39 is 5.91 Å². The number of nitrogens with one attached hydrogen (secondary N) is 1. The van der Waals surface area contributed by atoms with E-state index >= 15 is 0 Å². The maximum absolute atomic E-state index is 11.9. The van der Waals surface area contributed by atoms with Crippen LogP contribution in [0.2, 0.25) is 0 Å². The van der Waals surface area contributed by atoms with E-state index in [1.165, 1.54) is 0 Å². The van der Waals surface area contributed by atoms with Gasteiger partial charge in [0.15, 0.2) is 0 Å². The number of carbonyl (C=O) groups is 1. The molecule has 1 fully saturated rings. The molecule has 1 aliphatic carbocycles. The third-order valence-corrected chi connectivity index (χ3v) is 4.34. The number of aromatic hydroxyl groups is 1. The molecule has 0 radical (unpaired) electrons. The van der Waals surface area contributed by atoms with Gasteiger partial charge in [-0.3, -0.25) is 9.63 Å². The molecule has 0 bridgehead atoms. The van der Waals surface area contributed by atoms with Gasteiger partial charge in [-0.1, -0.05) is 12.8 Å². The van der Waals surface area contributed by atoms with E-state index in [9.17, 15) is 9.90 Å². The number of hydroxylamine groups is 1. The Morgan fingerprint density at radius 1 is 1.33 bits per heavy atom. The Balaban J connectivity index is 2.04. The summed E-state index contributed by atoms with van der Waals surface area (Å²) in [6.07, 6.45) is 4.37. The summed E-state index contributed by atoms with van der Waals surface area (Å²) < 4.78 is 1.56. The minimum absolute atomic E-state index is 0.00328. The Morgan fingerprint density at radius 3 is 2.67 bits per heavy atom. The molecular formula is C12H13I2NO3. The van der Waals surface area contributed by atoms with Crippen molar-refractivity contribution in [2.75, 3.05) is 0 Å². The van der Waals surface area contributed by atoms with Crippen LogP contribution in [0.4, 0.5) is 0 Å². The molecular weight excluding hydrogens is 460 g/mol. The molecule has 0 saturated heterocycles. The first kappa shape index (κ1) is 14.3. The van der Waals surface area contributed by atoms with Crippen LogP contribution in [0.15, 0.2) is 12.1 Å². The highest BCUT2D eigenvalue weighted by molar-refractivity contribution is 14.1. The van der Waals surface area contributed by atoms with Crippen molar-refractivity contribution in [2.45, 2.75) is 31.8 Å². The summed E-state index contributed by atoms with van der Waals surface area (Å²) in [7, 11) is 0. The second-order valence-electron chi connectivity index (χ2n) is 4.24. The summed E-state index contributed by atoms with van der Waals surface area (Å²) in [6.45, 7) is 0. The van der Waals surface area contributed by atoms with Gasteiger partial charge < -0.3 is 5.11 Å². The molecule has 0 aromatic heterocycles. The van der Waals surface area contributed by atoms with Crippen LogP contribution in [-0.2, 0) is 4.84 Å². The molecule has 4 nitrogen and oxygen atoms in total. The van der Waals surface area contributed by atoms with Crippen molar-refractivity contribution < 1.29 is 14.7 Å². The highest BCUT2D eigenvalue weighted by Gasteiger charge is 2.19. The molecule has 98 valence electrons. The molecule has 18 heavy (non-hydrogen) atoms. The lowest BCUT2D eigenvalue weighted by Gasteiger charge is -2.12. The highest BCUT2D eigenvalue weighted by Crippen LogP contribution is 2.27. The van der Waals surface area contributed by atoms with Crippen LogP contribution in [0, 0.1) is 7.14 Å². The Hall–Kier alpha value is -0.0900. The third-order valence-electron chi connectivity index (χ3n) is 2.89. The van der Waals surface area contributed by atoms with Crippen LogP contribution in [-0.4, -0.2) is 17.1 Å². The van der Waals surface area contributed by atoms with Crippen LogP contribution in [0.3, 0.4) is 0 Å². The number of hydrogen-bond acceptors (Lipinski definition) is 3. The Bertz CT molecular complexity index is 459. The van der Waals surface area contributed by atoms with Gasteiger partial charge >= 0.3 is 0 Å². The number of amides is 1. The molecule has 2 rings (SSSR count). The van der Waals surface area contributed by atoms with Crippen molar-refractivity contribution >= 4 is 51.1 Å². The first-order valence-electron chi connectivity index (χ1n) is 5.72. The van der Waals surface area contributed by atoms with Crippen molar-refractivity contribution in [3.63, 3.8) is 0 Å². The topological polar surface area (TPSA) is 58.6 Å². The molecule has 1 amide bonds. The lowest BCUT2D eigenvalue weighted by atomic mass is 10.2. The smallest absolute Gasteiger partial charge is 0.278 e. The van der Waals surface area contributed by atoms with Crippen LogP contribution in [0.25, 0.3) is 0 Å². The van der Waals surface area contributed by atoms with Crippen LogP contribution < -0.4 is 5.48 Å². The molecule has 0 spiro atoms. The minimum Gasteiger partial charge on any atom is -0.506 e. The second-order valence-corrected chi connectivity index (χ2v) is 6.65. The van der Waals surface area contributed by atoms with Crippen LogP contribution in [0.1, 0.15) is 36.0 Å². The van der Waals surface area contributed by atoms with Crippen molar-refractivity contribution in [2.24, 2.45) is 0 Å². The van der Waals surface area contributed by atoms with E-state index in [0.717, 1.165) is 29.3 Å². The molecule has 6 heteroatoms. The van der Waals surface area contributed by atoms with Crippen molar-refractivity contribution in [1.82, 2.24) is 5.48 Å². The zero-order valence-electron chi connectivity index (χ0n) is 9.58. The van der Waals surface area contributed by atoms with Crippen LogP contribution in [0.5, 0.6) is 5.75 Å². The van der Waals surface area contributed by atoms with Crippen molar-refractivity contribution in [1.29, 1.82) is 0 Å². The summed E-state index contributed by atoms with van der Waals surface area (Å²) in [5.41, 5.74) is 2.68. The summed E-state index contributed by atoms with van der Waals surface area (Å²) in [5.74, 6) is -0.389. The largest absolute Gasteiger partial charge is 0.506 e. The monoisotopic (exact) mass is 473 g/mol. The zero-order chi connectivity index (χ0) is 13.1. The fourth-order valence-corrected chi connectivity index (χ4v) is 3.78. The van der Waals surface area contributed by atoms with Gasteiger partial charge in [-0.15, -0.1) is 0 Å². The molecule has 2 N–H and O–H groups in total. The third kappa shape index (κ3) is 3.47.